The summed E-state index contributed by atoms with van der Waals surface area (Å²) in [5.41, 5.74) is 1.34. The highest BCUT2D eigenvalue weighted by Gasteiger charge is 2.60. The Balaban J connectivity index is 2.29. The topological polar surface area (TPSA) is 77.0 Å². The van der Waals surface area contributed by atoms with Crippen LogP contribution in [0.5, 0.6) is 0 Å². The average Bonchev–Trinajstić information content (AvgIpc) is 2.64. The van der Waals surface area contributed by atoms with Crippen molar-refractivity contribution in [2.24, 2.45) is 0 Å². The van der Waals surface area contributed by atoms with Crippen molar-refractivity contribution in [2.45, 2.75) is 31.4 Å². The molecule has 2 aromatic rings. The summed E-state index contributed by atoms with van der Waals surface area (Å²) in [6.07, 6.45) is 0.254. The van der Waals surface area contributed by atoms with E-state index in [1.54, 1.807) is 5.01 Å². The molecule has 1 saturated heterocycles. The Labute approximate surface area is 150 Å². The molecule has 0 radical (unpaired) electrons. The number of hydrogen-bond donors (Lipinski definition) is 1. The summed E-state index contributed by atoms with van der Waals surface area (Å²) >= 11 is 0. The summed E-state index contributed by atoms with van der Waals surface area (Å²) in [4.78, 5) is 20.5. The number of nitrogens with two attached hydrogens (primary N) is 1. The molecule has 1 fully saturated rings. The molecule has 27 heavy (non-hydrogen) atoms. The molecule has 0 amide bonds. The molecule has 3 rings (SSSR count). The van der Waals surface area contributed by atoms with E-state index in [2.05, 4.69) is 9.97 Å². The largest absolute Gasteiger partial charge is 0.458 e. The highest BCUT2D eigenvalue weighted by molar-refractivity contribution is 5.62. The molecule has 1 aliphatic heterocycles. The molecular weight excluding hydrogens is 373 g/mol. The molecule has 0 aliphatic carbocycles. The summed E-state index contributed by atoms with van der Waals surface area (Å²) < 4.78 is 67.6. The fourth-order valence-corrected chi connectivity index (χ4v) is 3.00. The van der Waals surface area contributed by atoms with Crippen LogP contribution in [0.25, 0.3) is 11.4 Å². The van der Waals surface area contributed by atoms with Gasteiger partial charge in [-0.25, -0.2) is 4.68 Å². The van der Waals surface area contributed by atoms with Crippen LogP contribution in [0, 0.1) is 0 Å². The second-order valence-electron chi connectivity index (χ2n) is 6.15. The van der Waals surface area contributed by atoms with Crippen molar-refractivity contribution in [1.82, 2.24) is 14.6 Å². The van der Waals surface area contributed by atoms with Crippen LogP contribution in [0.4, 0.5) is 27.6 Å². The van der Waals surface area contributed by atoms with Crippen molar-refractivity contribution in [3.05, 3.63) is 40.6 Å². The molecule has 0 atom stereocenters. The first kappa shape index (κ1) is 19.1. The second-order valence-corrected chi connectivity index (χ2v) is 6.15. The summed E-state index contributed by atoms with van der Waals surface area (Å²) in [7, 11) is 0. The van der Waals surface area contributed by atoms with Crippen LogP contribution in [0.15, 0.2) is 29.5 Å². The fourth-order valence-electron chi connectivity index (χ4n) is 3.00. The van der Waals surface area contributed by atoms with Gasteiger partial charge in [0.05, 0.1) is 17.5 Å². The number of hydrogen-bond acceptors (Lipinski definition) is 5. The molecule has 146 valence electrons. The minimum atomic E-state index is -5.90. The van der Waals surface area contributed by atoms with Gasteiger partial charge in [-0.1, -0.05) is 0 Å². The smallest absolute Gasteiger partial charge is 0.394 e. The van der Waals surface area contributed by atoms with Crippen LogP contribution < -0.4 is 16.3 Å². The van der Waals surface area contributed by atoms with Gasteiger partial charge < -0.3 is 10.7 Å². The van der Waals surface area contributed by atoms with E-state index in [9.17, 15) is 26.7 Å². The molecule has 3 heterocycles. The quantitative estimate of drug-likeness (QED) is 0.817. The Morgan fingerprint density at radius 1 is 1.04 bits per heavy atom. The summed E-state index contributed by atoms with van der Waals surface area (Å²) in [5.74, 6) is -5.28. The standard InChI is InChI=1S/C16H16F5N5O/c17-15(18,16(19,20)21)10-8-12(11-9-23-4-5-24-11)26(14(27)13(10)22)25-6-2-1-3-7-25/h4-5,8-9H,1-3,6-7,22H2. The zero-order valence-corrected chi connectivity index (χ0v) is 14.0. The number of nitrogens with zero attached hydrogens (tertiary/aromatic N) is 4. The van der Waals surface area contributed by atoms with E-state index in [4.69, 9.17) is 5.73 Å². The minimum absolute atomic E-state index is 0.0144. The molecule has 0 spiro atoms. The lowest BCUT2D eigenvalue weighted by Crippen LogP contribution is -2.48. The second kappa shape index (κ2) is 6.78. The molecule has 0 unspecified atom stereocenters. The van der Waals surface area contributed by atoms with Gasteiger partial charge in [0.15, 0.2) is 0 Å². The predicted molar refractivity (Wildman–Crippen MR) is 87.9 cm³/mol. The summed E-state index contributed by atoms with van der Waals surface area (Å²) in [5, 5.41) is 1.57. The fraction of sp³-hybridized carbons (Fsp3) is 0.438. The van der Waals surface area contributed by atoms with Crippen molar-refractivity contribution in [3.8, 4) is 11.4 Å². The molecule has 0 saturated carbocycles. The van der Waals surface area contributed by atoms with Crippen molar-refractivity contribution >= 4 is 5.69 Å². The van der Waals surface area contributed by atoms with Crippen LogP contribution in [0.3, 0.4) is 0 Å². The third kappa shape index (κ3) is 3.33. The van der Waals surface area contributed by atoms with E-state index >= 15 is 0 Å². The number of rotatable bonds is 3. The molecular formula is C16H16F5N5O. The number of nitrogen functional groups attached to an aromatic ring is 1. The van der Waals surface area contributed by atoms with E-state index < -0.39 is 28.9 Å². The van der Waals surface area contributed by atoms with Crippen LogP contribution in [-0.4, -0.2) is 33.9 Å². The summed E-state index contributed by atoms with van der Waals surface area (Å²) in [6.45, 7) is 0.864. The SMILES string of the molecule is Nc1c(C(F)(F)C(F)(F)F)cc(-c2cnccn2)n(N2CCCCC2)c1=O. The number of piperidine rings is 1. The zero-order valence-electron chi connectivity index (χ0n) is 14.0. The van der Waals surface area contributed by atoms with E-state index in [1.807, 2.05) is 0 Å². The third-order valence-electron chi connectivity index (χ3n) is 4.36. The maximum absolute atomic E-state index is 14.0. The molecule has 0 bridgehead atoms. The summed E-state index contributed by atoms with van der Waals surface area (Å²) in [6, 6.07) is 0.572. The first-order valence-corrected chi connectivity index (χ1v) is 8.16. The van der Waals surface area contributed by atoms with Crippen LogP contribution in [0.1, 0.15) is 24.8 Å². The van der Waals surface area contributed by atoms with Gasteiger partial charge in [0.25, 0.3) is 5.56 Å². The van der Waals surface area contributed by atoms with Gasteiger partial charge in [-0.2, -0.15) is 22.0 Å². The highest BCUT2D eigenvalue weighted by atomic mass is 19.4. The molecule has 0 aromatic carbocycles. The van der Waals surface area contributed by atoms with Gasteiger partial charge in [0.1, 0.15) is 11.4 Å². The Bertz CT molecular complexity index is 875. The number of halogens is 5. The van der Waals surface area contributed by atoms with Gasteiger partial charge in [-0.3, -0.25) is 14.8 Å². The Hall–Kier alpha value is -2.72. The molecule has 2 aromatic heterocycles. The molecule has 11 heteroatoms. The van der Waals surface area contributed by atoms with Crippen molar-refractivity contribution in [2.75, 3.05) is 23.8 Å². The molecule has 2 N–H and O–H groups in total. The maximum Gasteiger partial charge on any atom is 0.458 e. The lowest BCUT2D eigenvalue weighted by atomic mass is 10.0. The number of alkyl halides is 5. The Morgan fingerprint density at radius 2 is 1.70 bits per heavy atom. The number of pyridine rings is 1. The van der Waals surface area contributed by atoms with Gasteiger partial charge in [0, 0.05) is 25.5 Å². The van der Waals surface area contributed by atoms with Gasteiger partial charge in [0.2, 0.25) is 0 Å². The normalized spacial score (nSPS) is 15.8. The first-order valence-electron chi connectivity index (χ1n) is 8.16. The van der Waals surface area contributed by atoms with E-state index in [-0.39, 0.29) is 11.4 Å². The molecule has 1 aliphatic rings. The van der Waals surface area contributed by atoms with Crippen molar-refractivity contribution in [3.63, 3.8) is 0 Å². The zero-order chi connectivity index (χ0) is 19.8. The first-order chi connectivity index (χ1) is 12.6. The maximum atomic E-state index is 14.0. The van der Waals surface area contributed by atoms with E-state index in [0.29, 0.717) is 19.2 Å². The van der Waals surface area contributed by atoms with E-state index in [0.717, 1.165) is 23.9 Å². The highest BCUT2D eigenvalue weighted by Crippen LogP contribution is 2.46. The predicted octanol–water partition coefficient (Wildman–Crippen LogP) is 2.66. The molecule has 6 nitrogen and oxygen atoms in total. The van der Waals surface area contributed by atoms with Gasteiger partial charge in [-0.05, 0) is 25.3 Å². The van der Waals surface area contributed by atoms with Crippen LogP contribution in [0.2, 0.25) is 0 Å². The average molecular weight is 389 g/mol. The van der Waals surface area contributed by atoms with Gasteiger partial charge in [-0.15, -0.1) is 0 Å². The minimum Gasteiger partial charge on any atom is -0.394 e. The third-order valence-corrected chi connectivity index (χ3v) is 4.36. The Kier molecular flexibility index (Phi) is 4.79. The number of aromatic nitrogens is 3. The Morgan fingerprint density at radius 3 is 2.26 bits per heavy atom. The van der Waals surface area contributed by atoms with Crippen LogP contribution in [-0.2, 0) is 5.92 Å². The van der Waals surface area contributed by atoms with Crippen LogP contribution >= 0.6 is 0 Å². The lowest BCUT2D eigenvalue weighted by molar-refractivity contribution is -0.289. The lowest BCUT2D eigenvalue weighted by Gasteiger charge is -2.33. The monoisotopic (exact) mass is 389 g/mol. The van der Waals surface area contributed by atoms with E-state index in [1.165, 1.54) is 18.6 Å². The van der Waals surface area contributed by atoms with Gasteiger partial charge >= 0.3 is 12.1 Å². The number of anilines is 1. The van der Waals surface area contributed by atoms with Crippen molar-refractivity contribution in [1.29, 1.82) is 0 Å². The van der Waals surface area contributed by atoms with Crippen molar-refractivity contribution < 1.29 is 22.0 Å².